The van der Waals surface area contributed by atoms with E-state index in [1.165, 1.54) is 5.56 Å². The van der Waals surface area contributed by atoms with Gasteiger partial charge in [0.25, 0.3) is 5.91 Å². The van der Waals surface area contributed by atoms with Crippen molar-refractivity contribution >= 4 is 11.6 Å². The van der Waals surface area contributed by atoms with Gasteiger partial charge in [0.05, 0.1) is 0 Å². The highest BCUT2D eigenvalue weighted by atomic mass is 16.2. The van der Waals surface area contributed by atoms with Crippen LogP contribution in [0.4, 0.5) is 5.69 Å². The molecule has 0 radical (unpaired) electrons. The van der Waals surface area contributed by atoms with Gasteiger partial charge in [0.15, 0.2) is 0 Å². The molecule has 1 heterocycles. The molecule has 1 aliphatic heterocycles. The zero-order valence-corrected chi connectivity index (χ0v) is 10.1. The molecule has 0 bridgehead atoms. The molecule has 0 saturated carbocycles. The number of anilines is 1. The Bertz CT molecular complexity index is 440. The van der Waals surface area contributed by atoms with E-state index in [9.17, 15) is 4.79 Å². The zero-order chi connectivity index (χ0) is 12.3. The van der Waals surface area contributed by atoms with E-state index in [-0.39, 0.29) is 11.9 Å². The van der Waals surface area contributed by atoms with Crippen LogP contribution in [0.25, 0.3) is 0 Å². The Morgan fingerprint density at radius 3 is 3.06 bits per heavy atom. The monoisotopic (exact) mass is 230 g/mol. The van der Waals surface area contributed by atoms with Crippen molar-refractivity contribution in [2.75, 3.05) is 11.4 Å². The number of nitrogens with two attached hydrogens (primary N) is 1. The molecule has 0 saturated heterocycles. The molecular formula is C14H18N2O. The Hall–Kier alpha value is -1.61. The molecule has 1 aromatic carbocycles. The molecule has 17 heavy (non-hydrogen) atoms. The van der Waals surface area contributed by atoms with Gasteiger partial charge in [0.1, 0.15) is 0 Å². The minimum absolute atomic E-state index is 0.0267. The maximum atomic E-state index is 12.0. The second kappa shape index (κ2) is 5.15. The molecule has 1 unspecified atom stereocenters. The lowest BCUT2D eigenvalue weighted by Crippen LogP contribution is -2.27. The van der Waals surface area contributed by atoms with Gasteiger partial charge >= 0.3 is 0 Å². The zero-order valence-electron chi connectivity index (χ0n) is 10.1. The molecule has 1 amide bonds. The van der Waals surface area contributed by atoms with Crippen molar-refractivity contribution in [3.8, 4) is 0 Å². The number of para-hydroxylation sites is 1. The predicted molar refractivity (Wildman–Crippen MR) is 69.9 cm³/mol. The highest BCUT2D eigenvalue weighted by molar-refractivity contribution is 6.02. The van der Waals surface area contributed by atoms with E-state index in [1.54, 1.807) is 12.2 Å². The van der Waals surface area contributed by atoms with E-state index in [4.69, 9.17) is 5.73 Å². The number of amides is 1. The van der Waals surface area contributed by atoms with Crippen LogP contribution in [0, 0.1) is 0 Å². The quantitative estimate of drug-likeness (QED) is 0.806. The van der Waals surface area contributed by atoms with Gasteiger partial charge in [-0.15, -0.1) is 0 Å². The van der Waals surface area contributed by atoms with Gasteiger partial charge in [-0.25, -0.2) is 0 Å². The Morgan fingerprint density at radius 1 is 1.53 bits per heavy atom. The first-order valence-corrected chi connectivity index (χ1v) is 6.05. The molecule has 3 heteroatoms. The van der Waals surface area contributed by atoms with E-state index in [1.807, 2.05) is 30.0 Å². The summed E-state index contributed by atoms with van der Waals surface area (Å²) in [5, 5.41) is 0. The van der Waals surface area contributed by atoms with Crippen molar-refractivity contribution in [2.45, 2.75) is 25.8 Å². The summed E-state index contributed by atoms with van der Waals surface area (Å²) in [6.45, 7) is 2.77. The molecule has 0 aromatic heterocycles. The summed E-state index contributed by atoms with van der Waals surface area (Å²) >= 11 is 0. The van der Waals surface area contributed by atoms with E-state index in [2.05, 4.69) is 6.07 Å². The lowest BCUT2D eigenvalue weighted by Gasteiger charge is -2.15. The van der Waals surface area contributed by atoms with E-state index in [0.29, 0.717) is 0 Å². The smallest absolute Gasteiger partial charge is 0.250 e. The molecule has 2 N–H and O–H groups in total. The summed E-state index contributed by atoms with van der Waals surface area (Å²) in [6.07, 6.45) is 5.16. The van der Waals surface area contributed by atoms with Crippen LogP contribution >= 0.6 is 0 Å². The largest absolute Gasteiger partial charge is 0.324 e. The lowest BCUT2D eigenvalue weighted by atomic mass is 10.2. The van der Waals surface area contributed by atoms with Crippen LogP contribution in [-0.2, 0) is 11.2 Å². The van der Waals surface area contributed by atoms with E-state index < -0.39 is 0 Å². The third-order valence-electron chi connectivity index (χ3n) is 3.11. The van der Waals surface area contributed by atoms with Crippen LogP contribution in [0.3, 0.4) is 0 Å². The van der Waals surface area contributed by atoms with Gasteiger partial charge < -0.3 is 10.6 Å². The van der Waals surface area contributed by atoms with Crippen molar-refractivity contribution in [1.29, 1.82) is 0 Å². The Labute approximate surface area is 102 Å². The summed E-state index contributed by atoms with van der Waals surface area (Å²) in [5.74, 6) is 0.0267. The van der Waals surface area contributed by atoms with Crippen molar-refractivity contribution in [2.24, 2.45) is 5.73 Å². The Kier molecular flexibility index (Phi) is 3.59. The topological polar surface area (TPSA) is 46.3 Å². The summed E-state index contributed by atoms with van der Waals surface area (Å²) in [6, 6.07) is 8.01. The fourth-order valence-corrected chi connectivity index (χ4v) is 2.00. The normalized spacial score (nSPS) is 16.2. The second-order valence-corrected chi connectivity index (χ2v) is 4.30. The standard InChI is InChI=1S/C14H18N2O/c1-2-12(15)7-8-14(17)16-10-9-11-5-3-4-6-13(11)16/h3-8,12H,2,9-10,15H2,1H3. The van der Waals surface area contributed by atoms with Crippen LogP contribution in [-0.4, -0.2) is 18.5 Å². The number of hydrogen-bond donors (Lipinski definition) is 1. The van der Waals surface area contributed by atoms with E-state index in [0.717, 1.165) is 25.1 Å². The molecule has 90 valence electrons. The Morgan fingerprint density at radius 2 is 2.29 bits per heavy atom. The molecule has 2 rings (SSSR count). The van der Waals surface area contributed by atoms with Crippen molar-refractivity contribution in [1.82, 2.24) is 0 Å². The SMILES string of the molecule is CCC(N)C=CC(=O)N1CCc2ccccc21. The van der Waals surface area contributed by atoms with Crippen LogP contribution in [0.2, 0.25) is 0 Å². The third kappa shape index (κ3) is 2.56. The van der Waals surface area contributed by atoms with Crippen LogP contribution < -0.4 is 10.6 Å². The average Bonchev–Trinajstić information content (AvgIpc) is 2.79. The molecule has 0 aliphatic carbocycles. The van der Waals surface area contributed by atoms with Gasteiger partial charge in [-0.05, 0) is 24.5 Å². The van der Waals surface area contributed by atoms with Gasteiger partial charge in [0, 0.05) is 24.4 Å². The van der Waals surface area contributed by atoms with Crippen LogP contribution in [0.1, 0.15) is 18.9 Å². The molecule has 1 aliphatic rings. The first kappa shape index (κ1) is 11.9. The minimum atomic E-state index is -0.0307. The van der Waals surface area contributed by atoms with E-state index >= 15 is 0 Å². The van der Waals surface area contributed by atoms with Crippen LogP contribution in [0.5, 0.6) is 0 Å². The molecule has 0 fully saturated rings. The lowest BCUT2D eigenvalue weighted by molar-refractivity contribution is -0.114. The highest BCUT2D eigenvalue weighted by Crippen LogP contribution is 2.27. The van der Waals surface area contributed by atoms with Crippen molar-refractivity contribution in [3.05, 3.63) is 42.0 Å². The number of carbonyl (C=O) groups excluding carboxylic acids is 1. The van der Waals surface area contributed by atoms with Crippen LogP contribution in [0.15, 0.2) is 36.4 Å². The maximum Gasteiger partial charge on any atom is 0.250 e. The number of nitrogens with zero attached hydrogens (tertiary/aromatic N) is 1. The number of fused-ring (bicyclic) bond motifs is 1. The third-order valence-corrected chi connectivity index (χ3v) is 3.11. The predicted octanol–water partition coefficient (Wildman–Crippen LogP) is 1.87. The number of hydrogen-bond acceptors (Lipinski definition) is 2. The number of carbonyl (C=O) groups is 1. The minimum Gasteiger partial charge on any atom is -0.324 e. The van der Waals surface area contributed by atoms with Gasteiger partial charge in [-0.1, -0.05) is 31.2 Å². The molecular weight excluding hydrogens is 212 g/mol. The van der Waals surface area contributed by atoms with Gasteiger partial charge in [0.2, 0.25) is 0 Å². The second-order valence-electron chi connectivity index (χ2n) is 4.30. The molecule has 1 atom stereocenters. The fraction of sp³-hybridized carbons (Fsp3) is 0.357. The maximum absolute atomic E-state index is 12.0. The number of rotatable bonds is 3. The number of benzene rings is 1. The van der Waals surface area contributed by atoms with Crippen molar-refractivity contribution in [3.63, 3.8) is 0 Å². The summed E-state index contributed by atoms with van der Waals surface area (Å²) in [7, 11) is 0. The highest BCUT2D eigenvalue weighted by Gasteiger charge is 2.22. The average molecular weight is 230 g/mol. The molecule has 0 spiro atoms. The van der Waals surface area contributed by atoms with Gasteiger partial charge in [-0.2, -0.15) is 0 Å². The molecule has 1 aromatic rings. The fourth-order valence-electron chi connectivity index (χ4n) is 2.00. The first-order chi connectivity index (χ1) is 8.22. The first-order valence-electron chi connectivity index (χ1n) is 6.05. The summed E-state index contributed by atoms with van der Waals surface area (Å²) in [4.78, 5) is 13.8. The van der Waals surface area contributed by atoms with Crippen molar-refractivity contribution < 1.29 is 4.79 Å². The molecule has 3 nitrogen and oxygen atoms in total. The summed E-state index contributed by atoms with van der Waals surface area (Å²) in [5.41, 5.74) is 8.04. The van der Waals surface area contributed by atoms with Gasteiger partial charge in [-0.3, -0.25) is 4.79 Å². The Balaban J connectivity index is 2.10. The summed E-state index contributed by atoms with van der Waals surface area (Å²) < 4.78 is 0.